The average molecular weight is 395 g/mol. The maximum absolute atomic E-state index is 13.5. The number of halogens is 3. The summed E-state index contributed by atoms with van der Waals surface area (Å²) in [4.78, 5) is 8.40. The average Bonchev–Trinajstić information content (AvgIpc) is 3.23. The number of ether oxygens (including phenoxy) is 1. The minimum atomic E-state index is -4.47. The van der Waals surface area contributed by atoms with Gasteiger partial charge < -0.3 is 4.74 Å². The van der Waals surface area contributed by atoms with Crippen LogP contribution in [0.3, 0.4) is 0 Å². The summed E-state index contributed by atoms with van der Waals surface area (Å²) in [5.74, 6) is 0.730. The Hall–Kier alpha value is -3.61. The van der Waals surface area contributed by atoms with Gasteiger partial charge in [0, 0.05) is 41.5 Å². The number of hydrogen-bond donors (Lipinski definition) is 0. The summed E-state index contributed by atoms with van der Waals surface area (Å²) in [6.07, 6.45) is 0.355. The van der Waals surface area contributed by atoms with Gasteiger partial charge in [0.05, 0.1) is 12.7 Å². The smallest absolute Gasteiger partial charge is 0.417 e. The number of alkyl halides is 3. The van der Waals surface area contributed by atoms with E-state index in [1.807, 2.05) is 30.3 Å². The second-order valence-corrected chi connectivity index (χ2v) is 6.30. The first-order valence-electron chi connectivity index (χ1n) is 8.78. The number of nitrogens with zero attached hydrogens (tertiary/aromatic N) is 3. The van der Waals surface area contributed by atoms with Crippen molar-refractivity contribution >= 4 is 0 Å². The number of aromatic nitrogens is 3. The SMILES string of the molecule is COc1ccc(-c2cccc(-n3ccnc3-c3ccccc3C(F)(F)F)c2)cn1. The van der Waals surface area contributed by atoms with Gasteiger partial charge >= 0.3 is 6.18 Å². The molecule has 0 fully saturated rings. The largest absolute Gasteiger partial charge is 0.481 e. The molecule has 0 aliphatic rings. The van der Waals surface area contributed by atoms with Gasteiger partial charge in [-0.2, -0.15) is 13.2 Å². The zero-order valence-corrected chi connectivity index (χ0v) is 15.4. The van der Waals surface area contributed by atoms with Crippen molar-refractivity contribution < 1.29 is 17.9 Å². The van der Waals surface area contributed by atoms with Gasteiger partial charge in [-0.15, -0.1) is 0 Å². The lowest BCUT2D eigenvalue weighted by Gasteiger charge is -2.14. The quantitative estimate of drug-likeness (QED) is 0.450. The standard InChI is InChI=1S/C22H16F3N3O/c1-29-20-10-9-16(14-27-20)15-5-4-6-17(13-15)28-12-11-26-21(28)18-7-2-3-8-19(18)22(23,24)25/h2-14H,1H3. The third-order valence-electron chi connectivity index (χ3n) is 4.52. The zero-order chi connectivity index (χ0) is 20.4. The molecule has 0 saturated heterocycles. The molecule has 0 N–H and O–H groups in total. The van der Waals surface area contributed by atoms with Gasteiger partial charge in [0.15, 0.2) is 0 Å². The van der Waals surface area contributed by atoms with E-state index in [0.717, 1.165) is 17.2 Å². The summed E-state index contributed by atoms with van der Waals surface area (Å²) in [5, 5.41) is 0. The lowest BCUT2D eigenvalue weighted by molar-refractivity contribution is -0.137. The fourth-order valence-electron chi connectivity index (χ4n) is 3.14. The molecule has 146 valence electrons. The van der Waals surface area contributed by atoms with Crippen LogP contribution in [0.1, 0.15) is 5.56 Å². The van der Waals surface area contributed by atoms with Crippen LogP contribution >= 0.6 is 0 Å². The Labute approximate surface area is 165 Å². The molecule has 2 aromatic heterocycles. The van der Waals surface area contributed by atoms with E-state index >= 15 is 0 Å². The van der Waals surface area contributed by atoms with Crippen molar-refractivity contribution in [2.75, 3.05) is 7.11 Å². The van der Waals surface area contributed by atoms with Gasteiger partial charge in [0.1, 0.15) is 5.82 Å². The Kier molecular flexibility index (Phi) is 4.80. The Morgan fingerprint density at radius 3 is 2.45 bits per heavy atom. The van der Waals surface area contributed by atoms with Crippen molar-refractivity contribution in [2.45, 2.75) is 6.18 Å². The maximum atomic E-state index is 13.5. The van der Waals surface area contributed by atoms with E-state index in [2.05, 4.69) is 9.97 Å². The highest BCUT2D eigenvalue weighted by Gasteiger charge is 2.34. The molecule has 0 spiro atoms. The molecule has 0 saturated carbocycles. The number of hydrogen-bond acceptors (Lipinski definition) is 3. The topological polar surface area (TPSA) is 39.9 Å². The third kappa shape index (κ3) is 3.71. The molecule has 4 rings (SSSR count). The van der Waals surface area contributed by atoms with Crippen LogP contribution in [-0.2, 0) is 6.18 Å². The van der Waals surface area contributed by atoms with E-state index in [1.165, 1.54) is 18.3 Å². The van der Waals surface area contributed by atoms with Crippen molar-refractivity contribution in [3.05, 3.63) is 84.8 Å². The summed E-state index contributed by atoms with van der Waals surface area (Å²) in [5.41, 5.74) is 1.75. The van der Waals surface area contributed by atoms with Gasteiger partial charge in [-0.05, 0) is 29.8 Å². The first-order valence-corrected chi connectivity index (χ1v) is 8.78. The zero-order valence-electron chi connectivity index (χ0n) is 15.4. The number of pyridine rings is 1. The van der Waals surface area contributed by atoms with E-state index in [4.69, 9.17) is 4.74 Å². The molecule has 0 aliphatic heterocycles. The number of rotatable bonds is 4. The summed E-state index contributed by atoms with van der Waals surface area (Å²) in [6, 6.07) is 16.5. The normalized spacial score (nSPS) is 11.4. The predicted molar refractivity (Wildman–Crippen MR) is 104 cm³/mol. The number of benzene rings is 2. The molecule has 0 aliphatic carbocycles. The summed E-state index contributed by atoms with van der Waals surface area (Å²) in [7, 11) is 1.54. The van der Waals surface area contributed by atoms with Crippen molar-refractivity contribution in [2.24, 2.45) is 0 Å². The lowest BCUT2D eigenvalue weighted by atomic mass is 10.1. The van der Waals surface area contributed by atoms with Crippen LogP contribution in [0.5, 0.6) is 5.88 Å². The highest BCUT2D eigenvalue weighted by atomic mass is 19.4. The first kappa shape index (κ1) is 18.7. The van der Waals surface area contributed by atoms with Gasteiger partial charge in [-0.1, -0.05) is 30.3 Å². The summed E-state index contributed by atoms with van der Waals surface area (Å²) < 4.78 is 47.1. The second-order valence-electron chi connectivity index (χ2n) is 6.30. The van der Waals surface area contributed by atoms with Crippen LogP contribution in [0.15, 0.2) is 79.3 Å². The van der Waals surface area contributed by atoms with E-state index in [-0.39, 0.29) is 11.4 Å². The van der Waals surface area contributed by atoms with Crippen molar-refractivity contribution in [3.63, 3.8) is 0 Å². The van der Waals surface area contributed by atoms with Crippen LogP contribution < -0.4 is 4.74 Å². The Bertz CT molecular complexity index is 1130. The fraction of sp³-hybridized carbons (Fsp3) is 0.0909. The van der Waals surface area contributed by atoms with Crippen LogP contribution in [0, 0.1) is 0 Å². The van der Waals surface area contributed by atoms with Crippen LogP contribution in [-0.4, -0.2) is 21.6 Å². The monoisotopic (exact) mass is 395 g/mol. The van der Waals surface area contributed by atoms with E-state index < -0.39 is 11.7 Å². The minimum absolute atomic E-state index is 0.0292. The van der Waals surface area contributed by atoms with Gasteiger partial charge in [0.25, 0.3) is 0 Å². The van der Waals surface area contributed by atoms with Gasteiger partial charge in [0.2, 0.25) is 5.88 Å². The number of methoxy groups -OCH3 is 1. The third-order valence-corrected chi connectivity index (χ3v) is 4.52. The predicted octanol–water partition coefficient (Wildman–Crippen LogP) is 5.63. The molecule has 0 amide bonds. The highest BCUT2D eigenvalue weighted by molar-refractivity contribution is 5.68. The highest BCUT2D eigenvalue weighted by Crippen LogP contribution is 2.37. The van der Waals surface area contributed by atoms with Crippen LogP contribution in [0.4, 0.5) is 13.2 Å². The van der Waals surface area contributed by atoms with Crippen molar-refractivity contribution in [1.82, 2.24) is 14.5 Å². The summed E-state index contributed by atoms with van der Waals surface area (Å²) >= 11 is 0. The molecule has 2 heterocycles. The van der Waals surface area contributed by atoms with Crippen LogP contribution in [0.2, 0.25) is 0 Å². The molecule has 4 aromatic rings. The Morgan fingerprint density at radius 1 is 0.897 bits per heavy atom. The van der Waals surface area contributed by atoms with Crippen molar-refractivity contribution in [1.29, 1.82) is 0 Å². The van der Waals surface area contributed by atoms with Gasteiger partial charge in [-0.25, -0.2) is 9.97 Å². The fourth-order valence-corrected chi connectivity index (χ4v) is 3.14. The molecule has 0 unspecified atom stereocenters. The van der Waals surface area contributed by atoms with E-state index in [9.17, 15) is 13.2 Å². The molecule has 0 radical (unpaired) electrons. The maximum Gasteiger partial charge on any atom is 0.417 e. The molecule has 29 heavy (non-hydrogen) atoms. The Balaban J connectivity index is 1.78. The van der Waals surface area contributed by atoms with Crippen LogP contribution in [0.25, 0.3) is 28.2 Å². The lowest BCUT2D eigenvalue weighted by Crippen LogP contribution is -2.08. The van der Waals surface area contributed by atoms with E-state index in [1.54, 1.807) is 36.2 Å². The molecule has 7 heteroatoms. The minimum Gasteiger partial charge on any atom is -0.481 e. The molecule has 0 atom stereocenters. The molecule has 4 nitrogen and oxygen atoms in total. The summed E-state index contributed by atoms with van der Waals surface area (Å²) in [6.45, 7) is 0. The second kappa shape index (κ2) is 7.43. The molecular weight excluding hydrogens is 379 g/mol. The van der Waals surface area contributed by atoms with Crippen molar-refractivity contribution in [3.8, 4) is 34.1 Å². The molecular formula is C22H16F3N3O. The molecule has 0 bridgehead atoms. The Morgan fingerprint density at radius 2 is 1.72 bits per heavy atom. The number of imidazole rings is 1. The first-order chi connectivity index (χ1) is 14.0. The van der Waals surface area contributed by atoms with Gasteiger partial charge in [-0.3, -0.25) is 4.57 Å². The van der Waals surface area contributed by atoms with E-state index in [0.29, 0.717) is 11.6 Å². The molecule has 2 aromatic carbocycles.